The zero-order valence-corrected chi connectivity index (χ0v) is 10.8. The first-order valence-corrected chi connectivity index (χ1v) is 5.94. The van der Waals surface area contributed by atoms with E-state index in [2.05, 4.69) is 10.6 Å². The number of urea groups is 1. The Balaban J connectivity index is 2.11. The van der Waals surface area contributed by atoms with Gasteiger partial charge in [0, 0.05) is 17.8 Å². The maximum atomic E-state index is 11.8. The zero-order valence-electron chi connectivity index (χ0n) is 10.8. The summed E-state index contributed by atoms with van der Waals surface area (Å²) in [6, 6.07) is 12.8. The molecule has 20 heavy (non-hydrogen) atoms. The van der Waals surface area contributed by atoms with Crippen molar-refractivity contribution in [3.05, 3.63) is 64.2 Å². The molecule has 6 nitrogen and oxygen atoms in total. The van der Waals surface area contributed by atoms with Crippen molar-refractivity contribution >= 4 is 23.1 Å². The zero-order chi connectivity index (χ0) is 14.5. The highest BCUT2D eigenvalue weighted by Gasteiger charge is 2.10. The molecular weight excluding hydrogens is 258 g/mol. The minimum Gasteiger partial charge on any atom is -0.308 e. The van der Waals surface area contributed by atoms with Gasteiger partial charge in [0.15, 0.2) is 0 Å². The molecule has 6 heteroatoms. The summed E-state index contributed by atoms with van der Waals surface area (Å²) >= 11 is 0. The molecule has 0 radical (unpaired) electrons. The monoisotopic (exact) mass is 271 g/mol. The van der Waals surface area contributed by atoms with Gasteiger partial charge in [-0.25, -0.2) is 4.79 Å². The minimum absolute atomic E-state index is 0.0642. The molecule has 2 amide bonds. The van der Waals surface area contributed by atoms with Gasteiger partial charge in [-0.2, -0.15) is 0 Å². The van der Waals surface area contributed by atoms with E-state index in [0.717, 1.165) is 5.56 Å². The number of para-hydroxylation sites is 1. The lowest BCUT2D eigenvalue weighted by atomic mass is 10.2. The number of amides is 2. The number of aryl methyl sites for hydroxylation is 1. The summed E-state index contributed by atoms with van der Waals surface area (Å²) in [6.07, 6.45) is 0. The van der Waals surface area contributed by atoms with E-state index in [1.807, 2.05) is 6.07 Å². The normalized spacial score (nSPS) is 9.85. The molecule has 102 valence electrons. The number of nitrogens with zero attached hydrogens (tertiary/aromatic N) is 1. The first kappa shape index (κ1) is 13.5. The Morgan fingerprint density at radius 3 is 2.45 bits per heavy atom. The second-order valence-corrected chi connectivity index (χ2v) is 4.20. The van der Waals surface area contributed by atoms with E-state index in [1.54, 1.807) is 37.3 Å². The minimum atomic E-state index is -0.500. The number of hydrogen-bond acceptors (Lipinski definition) is 3. The molecule has 0 heterocycles. The van der Waals surface area contributed by atoms with Crippen molar-refractivity contribution in [3.8, 4) is 0 Å². The molecule has 0 saturated heterocycles. The van der Waals surface area contributed by atoms with Crippen LogP contribution in [-0.4, -0.2) is 11.0 Å². The number of rotatable bonds is 3. The molecule has 0 unspecified atom stereocenters. The van der Waals surface area contributed by atoms with Gasteiger partial charge < -0.3 is 10.6 Å². The number of hydrogen-bond donors (Lipinski definition) is 2. The molecule has 0 aliphatic carbocycles. The van der Waals surface area contributed by atoms with Crippen LogP contribution in [0.15, 0.2) is 48.5 Å². The fourth-order valence-corrected chi connectivity index (χ4v) is 1.66. The van der Waals surface area contributed by atoms with Gasteiger partial charge in [0.2, 0.25) is 0 Å². The molecule has 0 aliphatic rings. The van der Waals surface area contributed by atoms with Crippen LogP contribution in [0, 0.1) is 17.0 Å². The first-order chi connectivity index (χ1) is 9.56. The van der Waals surface area contributed by atoms with Gasteiger partial charge in [-0.05, 0) is 24.6 Å². The van der Waals surface area contributed by atoms with Crippen LogP contribution in [0.25, 0.3) is 0 Å². The highest BCUT2D eigenvalue weighted by Crippen LogP contribution is 2.22. The molecule has 2 aromatic rings. The Bertz CT molecular complexity index is 641. The van der Waals surface area contributed by atoms with Crippen molar-refractivity contribution in [2.45, 2.75) is 6.92 Å². The van der Waals surface area contributed by atoms with Crippen LogP contribution in [0.5, 0.6) is 0 Å². The third kappa shape index (κ3) is 3.32. The number of non-ortho nitro benzene ring substituents is 1. The van der Waals surface area contributed by atoms with E-state index in [-0.39, 0.29) is 5.69 Å². The van der Waals surface area contributed by atoms with Gasteiger partial charge in [-0.1, -0.05) is 24.3 Å². The van der Waals surface area contributed by atoms with Crippen LogP contribution in [0.4, 0.5) is 21.9 Å². The van der Waals surface area contributed by atoms with Gasteiger partial charge >= 0.3 is 6.03 Å². The molecule has 0 bridgehead atoms. The van der Waals surface area contributed by atoms with Crippen molar-refractivity contribution < 1.29 is 9.72 Å². The van der Waals surface area contributed by atoms with Gasteiger partial charge in [0.1, 0.15) is 0 Å². The number of nitro benzene ring substituents is 1. The first-order valence-electron chi connectivity index (χ1n) is 5.94. The molecular formula is C14H13N3O3. The number of nitro groups is 1. The van der Waals surface area contributed by atoms with Crippen molar-refractivity contribution in [1.82, 2.24) is 0 Å². The summed E-state index contributed by atoms with van der Waals surface area (Å²) in [6.45, 7) is 1.77. The Morgan fingerprint density at radius 1 is 1.10 bits per heavy atom. The molecule has 0 fully saturated rings. The number of carbonyl (C=O) groups is 1. The Morgan fingerprint density at radius 2 is 1.80 bits per heavy atom. The smallest absolute Gasteiger partial charge is 0.308 e. The van der Waals surface area contributed by atoms with Gasteiger partial charge in [-0.3, -0.25) is 10.1 Å². The maximum Gasteiger partial charge on any atom is 0.323 e. The lowest BCUT2D eigenvalue weighted by molar-refractivity contribution is -0.384. The second-order valence-electron chi connectivity index (χ2n) is 4.20. The molecule has 2 aromatic carbocycles. The van der Waals surface area contributed by atoms with E-state index in [9.17, 15) is 14.9 Å². The number of anilines is 2. The summed E-state index contributed by atoms with van der Waals surface area (Å²) in [5.41, 5.74) is 1.74. The summed E-state index contributed by atoms with van der Waals surface area (Å²) < 4.78 is 0. The van der Waals surface area contributed by atoms with Crippen LogP contribution in [0.2, 0.25) is 0 Å². The number of carbonyl (C=O) groups excluding carboxylic acids is 1. The summed E-state index contributed by atoms with van der Waals surface area (Å²) in [5, 5.41) is 16.0. The average Bonchev–Trinajstić information content (AvgIpc) is 2.42. The van der Waals surface area contributed by atoms with Crippen molar-refractivity contribution in [1.29, 1.82) is 0 Å². The van der Waals surface area contributed by atoms with Crippen LogP contribution < -0.4 is 10.6 Å². The second kappa shape index (κ2) is 5.83. The number of benzene rings is 2. The van der Waals surface area contributed by atoms with E-state index < -0.39 is 11.0 Å². The third-order valence-corrected chi connectivity index (χ3v) is 2.71. The summed E-state index contributed by atoms with van der Waals surface area (Å²) in [4.78, 5) is 22.0. The fourth-order valence-electron chi connectivity index (χ4n) is 1.66. The topological polar surface area (TPSA) is 84.3 Å². The number of nitrogens with one attached hydrogen (secondary N) is 2. The Kier molecular flexibility index (Phi) is 3.95. The predicted molar refractivity (Wildman–Crippen MR) is 76.9 cm³/mol. The molecule has 0 aliphatic heterocycles. The van der Waals surface area contributed by atoms with Gasteiger partial charge in [0.05, 0.1) is 10.6 Å². The van der Waals surface area contributed by atoms with Gasteiger partial charge in [0.25, 0.3) is 5.69 Å². The van der Waals surface area contributed by atoms with E-state index in [1.165, 1.54) is 12.1 Å². The fraction of sp³-hybridized carbons (Fsp3) is 0.0714. The standard InChI is InChI=1S/C14H13N3O3/c1-10-7-8-12(17(19)20)9-13(10)16-14(18)15-11-5-3-2-4-6-11/h2-9H,1H3,(H2,15,16,18). The van der Waals surface area contributed by atoms with E-state index in [0.29, 0.717) is 11.4 Å². The van der Waals surface area contributed by atoms with Crippen LogP contribution in [0.1, 0.15) is 5.56 Å². The Labute approximate surface area is 115 Å². The average molecular weight is 271 g/mol. The SMILES string of the molecule is Cc1ccc([N+](=O)[O-])cc1NC(=O)Nc1ccccc1. The predicted octanol–water partition coefficient (Wildman–Crippen LogP) is 3.55. The van der Waals surface area contributed by atoms with Crippen LogP contribution >= 0.6 is 0 Å². The quantitative estimate of drug-likeness (QED) is 0.661. The highest BCUT2D eigenvalue weighted by molar-refractivity contribution is 6.00. The maximum absolute atomic E-state index is 11.8. The summed E-state index contributed by atoms with van der Waals surface area (Å²) in [7, 11) is 0. The molecule has 2 N–H and O–H groups in total. The van der Waals surface area contributed by atoms with E-state index in [4.69, 9.17) is 0 Å². The largest absolute Gasteiger partial charge is 0.323 e. The van der Waals surface area contributed by atoms with Crippen molar-refractivity contribution in [2.24, 2.45) is 0 Å². The third-order valence-electron chi connectivity index (χ3n) is 2.71. The molecule has 0 atom stereocenters. The van der Waals surface area contributed by atoms with Gasteiger partial charge in [-0.15, -0.1) is 0 Å². The molecule has 0 spiro atoms. The van der Waals surface area contributed by atoms with Crippen molar-refractivity contribution in [3.63, 3.8) is 0 Å². The highest BCUT2D eigenvalue weighted by atomic mass is 16.6. The molecule has 0 aromatic heterocycles. The van der Waals surface area contributed by atoms with Crippen molar-refractivity contribution in [2.75, 3.05) is 10.6 Å². The Hall–Kier alpha value is -2.89. The molecule has 2 rings (SSSR count). The summed E-state index contributed by atoms with van der Waals surface area (Å²) in [5.74, 6) is 0. The lowest BCUT2D eigenvalue weighted by Crippen LogP contribution is -2.19. The van der Waals surface area contributed by atoms with Crippen LogP contribution in [-0.2, 0) is 0 Å². The van der Waals surface area contributed by atoms with E-state index >= 15 is 0 Å². The van der Waals surface area contributed by atoms with Crippen LogP contribution in [0.3, 0.4) is 0 Å². The lowest BCUT2D eigenvalue weighted by Gasteiger charge is -2.09. The molecule has 0 saturated carbocycles.